The number of carboxylic acid groups (broad SMARTS) is 3. The van der Waals surface area contributed by atoms with Crippen molar-refractivity contribution in [2.24, 2.45) is 20.0 Å². The topological polar surface area (TPSA) is 228 Å². The average molecular weight is 787 g/mol. The molecule has 14 nitrogen and oxygen atoms in total. The van der Waals surface area contributed by atoms with Gasteiger partial charge >= 0.3 is 0 Å². The first-order valence-corrected chi connectivity index (χ1v) is 15.8. The zero-order chi connectivity index (χ0) is 35.9. The summed E-state index contributed by atoms with van der Waals surface area (Å²) in [5, 5.41) is 37.5. The van der Waals surface area contributed by atoms with Crippen LogP contribution < -0.4 is 0 Å². The standard InChI is InChI=1S/2C13H15N3.C2H6O2.3C2H4O2.2Co/c2*1-4-12(10-6-2-8-14-10)16-13(5-1)11-7-3-9-15-11;4*1-2(3)4;;/h2*1,4-5H,2-3,6-9H2;2-4H,1H3;3*1H3,(H,3,4);;. The van der Waals surface area contributed by atoms with Gasteiger partial charge in [-0.15, -0.1) is 0 Å². The fourth-order valence-corrected chi connectivity index (χ4v) is 4.51. The first-order chi connectivity index (χ1) is 22.8. The molecule has 50 heavy (non-hydrogen) atoms. The summed E-state index contributed by atoms with van der Waals surface area (Å²) in [5.74, 6) is -2.50. The van der Waals surface area contributed by atoms with Gasteiger partial charge in [0.15, 0.2) is 0 Å². The second kappa shape index (κ2) is 28.1. The molecule has 2 aromatic heterocycles. The molecule has 0 aromatic carbocycles. The number of carbonyl (C=O) groups is 3. The van der Waals surface area contributed by atoms with E-state index in [-0.39, 0.29) is 33.6 Å². The molecule has 0 fully saturated rings. The van der Waals surface area contributed by atoms with Crippen molar-refractivity contribution >= 4 is 40.8 Å². The average Bonchev–Trinajstić information content (AvgIpc) is 3.85. The van der Waals surface area contributed by atoms with Gasteiger partial charge in [0, 0.05) is 80.5 Å². The predicted octanol–water partition coefficient (Wildman–Crippen LogP) is 4.08. The molecule has 0 atom stereocenters. The number of aliphatic carboxylic acids is 3. The predicted molar refractivity (Wildman–Crippen MR) is 185 cm³/mol. The van der Waals surface area contributed by atoms with Gasteiger partial charge in [0.25, 0.3) is 17.9 Å². The third-order valence-corrected chi connectivity index (χ3v) is 6.18. The molecule has 2 radical (unpaired) electrons. The van der Waals surface area contributed by atoms with Crippen molar-refractivity contribution in [3.63, 3.8) is 0 Å². The van der Waals surface area contributed by atoms with Gasteiger partial charge in [-0.2, -0.15) is 0 Å². The van der Waals surface area contributed by atoms with Crippen LogP contribution in [0.5, 0.6) is 0 Å². The number of carboxylic acids is 3. The molecule has 5 N–H and O–H groups in total. The molecule has 0 aliphatic carbocycles. The summed E-state index contributed by atoms with van der Waals surface area (Å²) in [7, 11) is 0. The van der Waals surface area contributed by atoms with E-state index in [1.165, 1.54) is 55.5 Å². The summed E-state index contributed by atoms with van der Waals surface area (Å²) in [6.07, 6.45) is 7.80. The normalized spacial score (nSPS) is 14.9. The van der Waals surface area contributed by atoms with Crippen LogP contribution in [0.2, 0.25) is 0 Å². The fraction of sp³-hybridized carbons (Fsp3) is 0.500. The minimum Gasteiger partial charge on any atom is -0.481 e. The Balaban J connectivity index is 0. The van der Waals surface area contributed by atoms with Gasteiger partial charge in [0.05, 0.1) is 45.6 Å². The van der Waals surface area contributed by atoms with Gasteiger partial charge in [-0.05, 0) is 82.6 Å². The van der Waals surface area contributed by atoms with Crippen molar-refractivity contribution in [1.29, 1.82) is 0 Å². The number of aromatic nitrogens is 2. The molecule has 0 unspecified atom stereocenters. The summed E-state index contributed by atoms with van der Waals surface area (Å²) < 4.78 is 0. The summed E-state index contributed by atoms with van der Waals surface area (Å²) in [4.78, 5) is 54.3. The minimum atomic E-state index is -1.17. The minimum absolute atomic E-state index is 0. The van der Waals surface area contributed by atoms with Gasteiger partial charge < -0.3 is 25.5 Å². The number of aliphatic hydroxyl groups is 2. The zero-order valence-electron chi connectivity index (χ0n) is 28.8. The summed E-state index contributed by atoms with van der Waals surface area (Å²) in [6.45, 7) is 8.37. The van der Waals surface area contributed by atoms with Crippen LogP contribution in [0.1, 0.15) is 102 Å². The molecular formula is C34H48Co2N6O8. The summed E-state index contributed by atoms with van der Waals surface area (Å²) in [5.41, 5.74) is 8.85. The molecule has 16 heteroatoms. The van der Waals surface area contributed by atoms with E-state index < -0.39 is 24.2 Å². The van der Waals surface area contributed by atoms with Crippen molar-refractivity contribution in [1.82, 2.24) is 9.97 Å². The molecule has 0 bridgehead atoms. The Morgan fingerprint density at radius 2 is 0.700 bits per heavy atom. The van der Waals surface area contributed by atoms with Crippen LogP contribution in [0, 0.1) is 0 Å². The molecule has 6 rings (SSSR count). The molecule has 0 saturated heterocycles. The number of hydrogen-bond acceptors (Lipinski definition) is 11. The zero-order valence-corrected chi connectivity index (χ0v) is 30.9. The fourth-order valence-electron chi connectivity index (χ4n) is 4.51. The Morgan fingerprint density at radius 1 is 0.520 bits per heavy atom. The van der Waals surface area contributed by atoms with Crippen LogP contribution in [0.25, 0.3) is 0 Å². The second-order valence-electron chi connectivity index (χ2n) is 10.7. The van der Waals surface area contributed by atoms with Crippen molar-refractivity contribution in [3.05, 3.63) is 59.2 Å². The number of rotatable bonds is 4. The van der Waals surface area contributed by atoms with E-state index in [0.29, 0.717) is 0 Å². The second-order valence-corrected chi connectivity index (χ2v) is 10.7. The van der Waals surface area contributed by atoms with Crippen molar-refractivity contribution in [3.8, 4) is 0 Å². The van der Waals surface area contributed by atoms with Gasteiger partial charge in [-0.3, -0.25) is 34.4 Å². The van der Waals surface area contributed by atoms with Gasteiger partial charge in [-0.25, -0.2) is 9.97 Å². The third kappa shape index (κ3) is 22.9. The monoisotopic (exact) mass is 786 g/mol. The number of aliphatic hydroxyl groups excluding tert-OH is 1. The maximum absolute atomic E-state index is 9.00. The first-order valence-electron chi connectivity index (χ1n) is 15.8. The van der Waals surface area contributed by atoms with Crippen LogP contribution in [-0.4, -0.2) is 109 Å². The summed E-state index contributed by atoms with van der Waals surface area (Å²) >= 11 is 0. The van der Waals surface area contributed by atoms with Crippen LogP contribution in [-0.2, 0) is 47.9 Å². The van der Waals surface area contributed by atoms with Gasteiger partial charge in [-0.1, -0.05) is 12.1 Å². The number of aliphatic imine (C=N–C) groups is 4. The number of pyridine rings is 2. The maximum Gasteiger partial charge on any atom is 0.300 e. The smallest absolute Gasteiger partial charge is 0.300 e. The van der Waals surface area contributed by atoms with E-state index in [0.717, 1.165) is 95.4 Å². The van der Waals surface area contributed by atoms with E-state index in [2.05, 4.69) is 66.3 Å². The Bertz CT molecular complexity index is 1260. The Morgan fingerprint density at radius 3 is 0.840 bits per heavy atom. The summed E-state index contributed by atoms with van der Waals surface area (Å²) in [6, 6.07) is 12.4. The van der Waals surface area contributed by atoms with E-state index in [1.807, 2.05) is 0 Å². The molecule has 4 aliphatic heterocycles. The SMILES string of the molecule is CC(=O)O.CC(=O)O.CC(=O)O.CC(O)O.[Co].[Co].c1cc(C2=NCCC2)nc(C2=NCCC2)c1.c1cc(C2=NCCC2)nc(C2=NCCC2)c1. The molecule has 6 heterocycles. The van der Waals surface area contributed by atoms with E-state index >= 15 is 0 Å². The third-order valence-electron chi connectivity index (χ3n) is 6.18. The quantitative estimate of drug-likeness (QED) is 0.279. The maximum atomic E-state index is 9.00. The molecule has 0 amide bonds. The Kier molecular flexibility index (Phi) is 27.2. The number of nitrogens with zero attached hydrogens (tertiary/aromatic N) is 6. The van der Waals surface area contributed by atoms with E-state index in [4.69, 9.17) is 39.9 Å². The van der Waals surface area contributed by atoms with Crippen LogP contribution >= 0.6 is 0 Å². The molecule has 2 aromatic rings. The van der Waals surface area contributed by atoms with E-state index in [9.17, 15) is 0 Å². The molecule has 280 valence electrons. The van der Waals surface area contributed by atoms with E-state index in [1.54, 1.807) is 0 Å². The molecule has 0 saturated carbocycles. The first kappa shape index (κ1) is 48.4. The van der Waals surface area contributed by atoms with Gasteiger partial charge in [0.2, 0.25) is 0 Å². The molecule has 4 aliphatic rings. The van der Waals surface area contributed by atoms with Crippen LogP contribution in [0.15, 0.2) is 56.4 Å². The number of hydrogen-bond donors (Lipinski definition) is 5. The van der Waals surface area contributed by atoms with Crippen LogP contribution in [0.3, 0.4) is 0 Å². The molecular weight excluding hydrogens is 738 g/mol. The van der Waals surface area contributed by atoms with Crippen molar-refractivity contribution < 1.29 is 73.5 Å². The van der Waals surface area contributed by atoms with Gasteiger partial charge in [0.1, 0.15) is 6.29 Å². The Hall–Kier alpha value is -3.68. The van der Waals surface area contributed by atoms with Crippen LogP contribution in [0.4, 0.5) is 0 Å². The van der Waals surface area contributed by atoms with Crippen molar-refractivity contribution in [2.75, 3.05) is 26.2 Å². The molecule has 0 spiro atoms. The largest absolute Gasteiger partial charge is 0.481 e. The Labute approximate surface area is 313 Å². The van der Waals surface area contributed by atoms with Crippen molar-refractivity contribution in [2.45, 2.75) is 85.4 Å².